The van der Waals surface area contributed by atoms with E-state index in [1.54, 1.807) is 0 Å². The third-order valence-electron chi connectivity index (χ3n) is 2.76. The van der Waals surface area contributed by atoms with Gasteiger partial charge < -0.3 is 9.84 Å². The zero-order valence-corrected chi connectivity index (χ0v) is 10.4. The van der Waals surface area contributed by atoms with Gasteiger partial charge in [-0.15, -0.1) is 0 Å². The molecule has 3 heteroatoms. The lowest BCUT2D eigenvalue weighted by Gasteiger charge is -1.97. The lowest BCUT2D eigenvalue weighted by Crippen LogP contribution is -2.11. The average molecular weight is 230 g/mol. The summed E-state index contributed by atoms with van der Waals surface area (Å²) in [5, 5.41) is 7.26. The van der Waals surface area contributed by atoms with Crippen molar-refractivity contribution in [3.05, 3.63) is 41.6 Å². The third kappa shape index (κ3) is 2.94. The molecular weight excluding hydrogens is 212 g/mol. The van der Waals surface area contributed by atoms with Crippen LogP contribution in [0.15, 0.2) is 34.9 Å². The maximum Gasteiger partial charge on any atom is 0.167 e. The predicted molar refractivity (Wildman–Crippen MR) is 68.7 cm³/mol. The van der Waals surface area contributed by atoms with Gasteiger partial charge in [-0.25, -0.2) is 0 Å². The fraction of sp³-hybridized carbons (Fsp3) is 0.357. The molecule has 0 fully saturated rings. The van der Waals surface area contributed by atoms with Gasteiger partial charge in [-0.3, -0.25) is 0 Å². The molecule has 0 aliphatic rings. The Morgan fingerprint density at radius 1 is 1.18 bits per heavy atom. The summed E-state index contributed by atoms with van der Waals surface area (Å²) in [5.74, 6) is 0.834. The second kappa shape index (κ2) is 5.64. The zero-order chi connectivity index (χ0) is 12.1. The van der Waals surface area contributed by atoms with E-state index in [1.807, 2.05) is 6.07 Å². The minimum absolute atomic E-state index is 0.757. The molecule has 1 N–H and O–H groups in total. The molecule has 0 bridgehead atoms. The summed E-state index contributed by atoms with van der Waals surface area (Å²) >= 11 is 0. The first-order valence-electron chi connectivity index (χ1n) is 6.09. The van der Waals surface area contributed by atoms with Crippen LogP contribution >= 0.6 is 0 Å². The molecule has 0 radical (unpaired) electrons. The Balaban J connectivity index is 2.12. The van der Waals surface area contributed by atoms with Crippen molar-refractivity contribution in [2.45, 2.75) is 26.8 Å². The summed E-state index contributed by atoms with van der Waals surface area (Å²) in [6.07, 6.45) is 1.06. The Kier molecular flexibility index (Phi) is 3.94. The molecule has 0 atom stereocenters. The van der Waals surface area contributed by atoms with Gasteiger partial charge in [-0.1, -0.05) is 43.3 Å². The standard InChI is InChI=1S/C14H18N2O/c1-3-11-5-7-12(8-6-11)14-9-13(16-17-14)10-15-4-2/h5-9,15H,3-4,10H2,1-2H3. The topological polar surface area (TPSA) is 38.1 Å². The van der Waals surface area contributed by atoms with Crippen LogP contribution in [0.1, 0.15) is 25.1 Å². The van der Waals surface area contributed by atoms with Crippen LogP contribution in [0.5, 0.6) is 0 Å². The van der Waals surface area contributed by atoms with Crippen molar-refractivity contribution in [3.8, 4) is 11.3 Å². The monoisotopic (exact) mass is 230 g/mol. The fourth-order valence-corrected chi connectivity index (χ4v) is 1.69. The highest BCUT2D eigenvalue weighted by atomic mass is 16.5. The molecule has 1 aromatic carbocycles. The second-order valence-electron chi connectivity index (χ2n) is 4.01. The second-order valence-corrected chi connectivity index (χ2v) is 4.01. The van der Waals surface area contributed by atoms with E-state index in [4.69, 9.17) is 4.52 Å². The van der Waals surface area contributed by atoms with Gasteiger partial charge in [0.05, 0.1) is 5.69 Å². The lowest BCUT2D eigenvalue weighted by molar-refractivity contribution is 0.420. The number of rotatable bonds is 5. The molecule has 0 amide bonds. The van der Waals surface area contributed by atoms with Crippen LogP contribution < -0.4 is 5.32 Å². The van der Waals surface area contributed by atoms with Gasteiger partial charge in [0.25, 0.3) is 0 Å². The van der Waals surface area contributed by atoms with Crippen LogP contribution in [0.25, 0.3) is 11.3 Å². The number of benzene rings is 1. The van der Waals surface area contributed by atoms with Crippen LogP contribution in [0.2, 0.25) is 0 Å². The molecule has 1 aromatic heterocycles. The van der Waals surface area contributed by atoms with Gasteiger partial charge in [0.15, 0.2) is 5.76 Å². The van der Waals surface area contributed by atoms with Gasteiger partial charge in [0.2, 0.25) is 0 Å². The SMILES string of the molecule is CCNCc1cc(-c2ccc(CC)cc2)on1. The number of aromatic nitrogens is 1. The normalized spacial score (nSPS) is 10.7. The van der Waals surface area contributed by atoms with E-state index in [9.17, 15) is 0 Å². The van der Waals surface area contributed by atoms with Crippen molar-refractivity contribution in [2.75, 3.05) is 6.54 Å². The molecule has 0 spiro atoms. The van der Waals surface area contributed by atoms with Gasteiger partial charge in [-0.05, 0) is 18.5 Å². The fourth-order valence-electron chi connectivity index (χ4n) is 1.69. The summed E-state index contributed by atoms with van der Waals surface area (Å²) in [4.78, 5) is 0. The molecule has 0 aliphatic carbocycles. The van der Waals surface area contributed by atoms with Crippen molar-refractivity contribution in [3.63, 3.8) is 0 Å². The molecule has 0 saturated heterocycles. The Morgan fingerprint density at radius 3 is 2.59 bits per heavy atom. The molecule has 0 saturated carbocycles. The molecule has 0 unspecified atom stereocenters. The molecule has 2 aromatic rings. The molecule has 90 valence electrons. The van der Waals surface area contributed by atoms with E-state index in [-0.39, 0.29) is 0 Å². The number of nitrogens with one attached hydrogen (secondary N) is 1. The minimum Gasteiger partial charge on any atom is -0.356 e. The molecule has 2 rings (SSSR count). The van der Waals surface area contributed by atoms with E-state index in [1.165, 1.54) is 5.56 Å². The summed E-state index contributed by atoms with van der Waals surface area (Å²) in [6, 6.07) is 10.4. The molecule has 3 nitrogen and oxygen atoms in total. The lowest BCUT2D eigenvalue weighted by atomic mass is 10.1. The maximum atomic E-state index is 5.33. The number of nitrogens with zero attached hydrogens (tertiary/aromatic N) is 1. The number of aryl methyl sites for hydroxylation is 1. The quantitative estimate of drug-likeness (QED) is 0.858. The highest BCUT2D eigenvalue weighted by molar-refractivity contribution is 5.57. The summed E-state index contributed by atoms with van der Waals surface area (Å²) in [7, 11) is 0. The van der Waals surface area contributed by atoms with Crippen molar-refractivity contribution >= 4 is 0 Å². The van der Waals surface area contributed by atoms with Crippen LogP contribution in [0.3, 0.4) is 0 Å². The Hall–Kier alpha value is -1.61. The third-order valence-corrected chi connectivity index (χ3v) is 2.76. The van der Waals surface area contributed by atoms with Crippen LogP contribution in [0.4, 0.5) is 0 Å². The van der Waals surface area contributed by atoms with Gasteiger partial charge >= 0.3 is 0 Å². The molecule has 1 heterocycles. The van der Waals surface area contributed by atoms with Crippen molar-refractivity contribution in [2.24, 2.45) is 0 Å². The summed E-state index contributed by atoms with van der Waals surface area (Å²) in [6.45, 7) is 5.92. The average Bonchev–Trinajstić information content (AvgIpc) is 2.85. The smallest absolute Gasteiger partial charge is 0.167 e. The van der Waals surface area contributed by atoms with Crippen LogP contribution in [-0.2, 0) is 13.0 Å². The van der Waals surface area contributed by atoms with E-state index in [0.717, 1.165) is 36.5 Å². The first-order chi connectivity index (χ1) is 8.33. The highest BCUT2D eigenvalue weighted by Crippen LogP contribution is 2.20. The van der Waals surface area contributed by atoms with Crippen molar-refractivity contribution < 1.29 is 4.52 Å². The summed E-state index contributed by atoms with van der Waals surface area (Å²) in [5.41, 5.74) is 3.36. The number of hydrogen-bond donors (Lipinski definition) is 1. The van der Waals surface area contributed by atoms with E-state index < -0.39 is 0 Å². The van der Waals surface area contributed by atoms with Crippen LogP contribution in [0, 0.1) is 0 Å². The van der Waals surface area contributed by atoms with Gasteiger partial charge in [0, 0.05) is 18.2 Å². The predicted octanol–water partition coefficient (Wildman–Crippen LogP) is 3.01. The Morgan fingerprint density at radius 2 is 1.94 bits per heavy atom. The largest absolute Gasteiger partial charge is 0.356 e. The van der Waals surface area contributed by atoms with Crippen molar-refractivity contribution in [1.29, 1.82) is 0 Å². The molecule has 0 aliphatic heterocycles. The van der Waals surface area contributed by atoms with E-state index in [2.05, 4.69) is 48.6 Å². The first-order valence-corrected chi connectivity index (χ1v) is 6.09. The van der Waals surface area contributed by atoms with Crippen LogP contribution in [-0.4, -0.2) is 11.7 Å². The van der Waals surface area contributed by atoms with E-state index >= 15 is 0 Å². The number of hydrogen-bond acceptors (Lipinski definition) is 3. The first kappa shape index (κ1) is 11.9. The minimum atomic E-state index is 0.757. The highest BCUT2D eigenvalue weighted by Gasteiger charge is 2.05. The molecule has 17 heavy (non-hydrogen) atoms. The van der Waals surface area contributed by atoms with Crippen molar-refractivity contribution in [1.82, 2.24) is 10.5 Å². The maximum absolute atomic E-state index is 5.33. The zero-order valence-electron chi connectivity index (χ0n) is 10.4. The van der Waals surface area contributed by atoms with Gasteiger partial charge in [0.1, 0.15) is 0 Å². The molecular formula is C14H18N2O. The Bertz CT molecular complexity index is 459. The van der Waals surface area contributed by atoms with Gasteiger partial charge in [-0.2, -0.15) is 0 Å². The van der Waals surface area contributed by atoms with E-state index in [0.29, 0.717) is 0 Å². The summed E-state index contributed by atoms with van der Waals surface area (Å²) < 4.78 is 5.33. The Labute approximate surface area is 102 Å².